The van der Waals surface area contributed by atoms with Crippen LogP contribution in [0.1, 0.15) is 19.8 Å². The molecule has 3 aromatic rings. The van der Waals surface area contributed by atoms with E-state index in [9.17, 15) is 10.1 Å². The summed E-state index contributed by atoms with van der Waals surface area (Å²) in [4.78, 5) is 15.1. The van der Waals surface area contributed by atoms with Crippen LogP contribution in [-0.4, -0.2) is 21.0 Å². The first-order valence-electron chi connectivity index (χ1n) is 7.67. The number of hydrogen-bond acceptors (Lipinski definition) is 4. The van der Waals surface area contributed by atoms with Crippen molar-refractivity contribution in [2.45, 2.75) is 19.8 Å². The second kappa shape index (κ2) is 6.48. The number of unbranched alkanes of at least 4 members (excludes halogenated alkanes) is 1. The highest BCUT2D eigenvalue weighted by Gasteiger charge is 2.15. The Labute approximate surface area is 133 Å². The summed E-state index contributed by atoms with van der Waals surface area (Å²) in [5, 5.41) is 14.3. The third kappa shape index (κ3) is 3.01. The van der Waals surface area contributed by atoms with Crippen molar-refractivity contribution in [3.8, 4) is 5.69 Å². The van der Waals surface area contributed by atoms with Gasteiger partial charge in [-0.25, -0.2) is 4.98 Å². The van der Waals surface area contributed by atoms with E-state index >= 15 is 0 Å². The third-order valence-corrected chi connectivity index (χ3v) is 3.68. The fourth-order valence-corrected chi connectivity index (χ4v) is 2.52. The van der Waals surface area contributed by atoms with Crippen LogP contribution in [0.2, 0.25) is 0 Å². The second-order valence-electron chi connectivity index (χ2n) is 5.32. The molecule has 6 nitrogen and oxygen atoms in total. The van der Waals surface area contributed by atoms with E-state index in [0.717, 1.165) is 30.6 Å². The Balaban J connectivity index is 2.13. The number of anilines is 1. The van der Waals surface area contributed by atoms with Crippen molar-refractivity contribution in [1.82, 2.24) is 9.55 Å². The summed E-state index contributed by atoms with van der Waals surface area (Å²) in [6.45, 7) is 2.94. The fourth-order valence-electron chi connectivity index (χ4n) is 2.52. The Bertz CT molecular complexity index is 827. The van der Waals surface area contributed by atoms with E-state index in [4.69, 9.17) is 0 Å². The Morgan fingerprint density at radius 1 is 1.22 bits per heavy atom. The number of hydrogen-bond donors (Lipinski definition) is 1. The Morgan fingerprint density at radius 2 is 2.00 bits per heavy atom. The van der Waals surface area contributed by atoms with Crippen molar-refractivity contribution < 1.29 is 4.92 Å². The van der Waals surface area contributed by atoms with Gasteiger partial charge in [-0.15, -0.1) is 0 Å². The maximum atomic E-state index is 11.0. The lowest BCUT2D eigenvalue weighted by Crippen LogP contribution is -2.07. The van der Waals surface area contributed by atoms with Crippen LogP contribution in [0.25, 0.3) is 16.7 Å². The molecule has 118 valence electrons. The molecule has 0 spiro atoms. The van der Waals surface area contributed by atoms with Crippen LogP contribution in [0, 0.1) is 10.1 Å². The molecule has 0 bridgehead atoms. The predicted octanol–water partition coefficient (Wildman–Crippen LogP) is 4.15. The van der Waals surface area contributed by atoms with E-state index < -0.39 is 4.92 Å². The number of imidazole rings is 1. The third-order valence-electron chi connectivity index (χ3n) is 3.68. The summed E-state index contributed by atoms with van der Waals surface area (Å²) in [5.74, 6) is 0.708. The van der Waals surface area contributed by atoms with Crippen LogP contribution in [0.15, 0.2) is 48.5 Å². The van der Waals surface area contributed by atoms with Gasteiger partial charge in [-0.05, 0) is 24.6 Å². The predicted molar refractivity (Wildman–Crippen MR) is 91.1 cm³/mol. The molecular weight excluding hydrogens is 292 g/mol. The summed E-state index contributed by atoms with van der Waals surface area (Å²) in [6.07, 6.45) is 2.13. The van der Waals surface area contributed by atoms with E-state index in [2.05, 4.69) is 17.2 Å². The molecule has 0 aliphatic rings. The first-order valence-corrected chi connectivity index (χ1v) is 7.67. The van der Waals surface area contributed by atoms with E-state index in [0.29, 0.717) is 11.5 Å². The van der Waals surface area contributed by atoms with Crippen molar-refractivity contribution in [3.63, 3.8) is 0 Å². The molecule has 23 heavy (non-hydrogen) atoms. The summed E-state index contributed by atoms with van der Waals surface area (Å²) in [6, 6.07) is 14.6. The van der Waals surface area contributed by atoms with Crippen LogP contribution >= 0.6 is 0 Å². The monoisotopic (exact) mass is 310 g/mol. The Morgan fingerprint density at radius 3 is 2.70 bits per heavy atom. The quantitative estimate of drug-likeness (QED) is 0.422. The van der Waals surface area contributed by atoms with Gasteiger partial charge in [0.2, 0.25) is 5.95 Å². The summed E-state index contributed by atoms with van der Waals surface area (Å²) in [5.41, 5.74) is 2.49. The number of rotatable bonds is 6. The zero-order chi connectivity index (χ0) is 16.2. The van der Waals surface area contributed by atoms with Crippen molar-refractivity contribution in [3.05, 3.63) is 58.6 Å². The average molecular weight is 310 g/mol. The summed E-state index contributed by atoms with van der Waals surface area (Å²) in [7, 11) is 0. The number of nitrogens with one attached hydrogen (secondary N) is 1. The molecule has 6 heteroatoms. The normalized spacial score (nSPS) is 10.8. The molecule has 0 amide bonds. The molecule has 1 N–H and O–H groups in total. The number of non-ortho nitro benzene ring substituents is 1. The van der Waals surface area contributed by atoms with Gasteiger partial charge >= 0.3 is 0 Å². The molecule has 0 saturated carbocycles. The number of para-hydroxylation sites is 1. The van der Waals surface area contributed by atoms with Gasteiger partial charge in [0.1, 0.15) is 0 Å². The molecule has 0 aliphatic heterocycles. The SMILES string of the molecule is CCCCNc1nc2cc([N+](=O)[O-])ccc2n1-c1ccccc1. The summed E-state index contributed by atoms with van der Waals surface area (Å²) >= 11 is 0. The van der Waals surface area contributed by atoms with Gasteiger partial charge in [0, 0.05) is 24.4 Å². The van der Waals surface area contributed by atoms with E-state index in [-0.39, 0.29) is 5.69 Å². The molecule has 0 atom stereocenters. The molecule has 0 fully saturated rings. The standard InChI is InChI=1S/C17H18N4O2/c1-2-3-11-18-17-19-15-12-14(21(22)23)9-10-16(15)20(17)13-7-5-4-6-8-13/h4-10,12H,2-3,11H2,1H3,(H,18,19). The lowest BCUT2D eigenvalue weighted by atomic mass is 10.2. The van der Waals surface area contributed by atoms with E-state index in [1.54, 1.807) is 6.07 Å². The van der Waals surface area contributed by atoms with Crippen LogP contribution in [-0.2, 0) is 0 Å². The topological polar surface area (TPSA) is 73.0 Å². The van der Waals surface area contributed by atoms with Gasteiger partial charge in [-0.2, -0.15) is 0 Å². The number of aromatic nitrogens is 2. The Kier molecular flexibility index (Phi) is 4.23. The van der Waals surface area contributed by atoms with Crippen molar-refractivity contribution in [1.29, 1.82) is 0 Å². The fraction of sp³-hybridized carbons (Fsp3) is 0.235. The second-order valence-corrected chi connectivity index (χ2v) is 5.32. The lowest BCUT2D eigenvalue weighted by molar-refractivity contribution is -0.384. The van der Waals surface area contributed by atoms with Crippen LogP contribution in [0.4, 0.5) is 11.6 Å². The summed E-state index contributed by atoms with van der Waals surface area (Å²) < 4.78 is 1.99. The minimum Gasteiger partial charge on any atom is -0.355 e. The highest BCUT2D eigenvalue weighted by atomic mass is 16.6. The molecule has 0 saturated heterocycles. The van der Waals surface area contributed by atoms with Gasteiger partial charge in [0.15, 0.2) is 0 Å². The van der Waals surface area contributed by atoms with Crippen molar-refractivity contribution >= 4 is 22.7 Å². The number of nitro groups is 1. The van der Waals surface area contributed by atoms with Gasteiger partial charge in [-0.3, -0.25) is 14.7 Å². The first kappa shape index (κ1) is 15.0. The largest absolute Gasteiger partial charge is 0.355 e. The maximum absolute atomic E-state index is 11.0. The van der Waals surface area contributed by atoms with Crippen molar-refractivity contribution in [2.24, 2.45) is 0 Å². The smallest absolute Gasteiger partial charge is 0.271 e. The zero-order valence-electron chi connectivity index (χ0n) is 12.9. The number of benzene rings is 2. The minimum atomic E-state index is -0.398. The Hall–Kier alpha value is -2.89. The lowest BCUT2D eigenvalue weighted by Gasteiger charge is -2.10. The first-order chi connectivity index (χ1) is 11.2. The molecule has 1 heterocycles. The van der Waals surface area contributed by atoms with Gasteiger partial charge in [0.05, 0.1) is 16.0 Å². The highest BCUT2D eigenvalue weighted by Crippen LogP contribution is 2.27. The molecule has 1 aromatic heterocycles. The molecule has 0 unspecified atom stereocenters. The van der Waals surface area contributed by atoms with Gasteiger partial charge < -0.3 is 5.32 Å². The van der Waals surface area contributed by atoms with E-state index in [1.165, 1.54) is 12.1 Å². The zero-order valence-corrected chi connectivity index (χ0v) is 12.9. The number of nitrogens with zero attached hydrogens (tertiary/aromatic N) is 3. The average Bonchev–Trinajstić information content (AvgIpc) is 2.93. The molecule has 0 radical (unpaired) electrons. The minimum absolute atomic E-state index is 0.0512. The number of fused-ring (bicyclic) bond motifs is 1. The van der Waals surface area contributed by atoms with Crippen LogP contribution < -0.4 is 5.32 Å². The molecule has 0 aliphatic carbocycles. The van der Waals surface area contributed by atoms with Crippen LogP contribution in [0.3, 0.4) is 0 Å². The van der Waals surface area contributed by atoms with Crippen molar-refractivity contribution in [2.75, 3.05) is 11.9 Å². The van der Waals surface area contributed by atoms with Gasteiger partial charge in [-0.1, -0.05) is 31.5 Å². The highest BCUT2D eigenvalue weighted by molar-refractivity contribution is 5.83. The maximum Gasteiger partial charge on any atom is 0.271 e. The van der Waals surface area contributed by atoms with Crippen LogP contribution in [0.5, 0.6) is 0 Å². The van der Waals surface area contributed by atoms with Gasteiger partial charge in [0.25, 0.3) is 5.69 Å². The van der Waals surface area contributed by atoms with E-state index in [1.807, 2.05) is 34.9 Å². The molecule has 2 aromatic carbocycles. The molecular formula is C17H18N4O2. The number of nitro benzene ring substituents is 1. The molecule has 3 rings (SSSR count).